The lowest BCUT2D eigenvalue weighted by Gasteiger charge is -2.12. The number of rotatable bonds is 3. The molecule has 0 bridgehead atoms. The van der Waals surface area contributed by atoms with Crippen LogP contribution in [-0.4, -0.2) is 12.1 Å². The summed E-state index contributed by atoms with van der Waals surface area (Å²) in [6.07, 6.45) is 3.01. The first-order chi connectivity index (χ1) is 4.54. The minimum absolute atomic E-state index is 0.0931. The van der Waals surface area contributed by atoms with Crippen molar-refractivity contribution in [3.8, 4) is 0 Å². The number of hydrogen-bond donors (Lipinski definition) is 2. The fraction of sp³-hybridized carbons (Fsp3) is 0.750. The van der Waals surface area contributed by atoms with Gasteiger partial charge in [0.25, 0.3) is 0 Å². The average molecular weight is 142 g/mol. The van der Waals surface area contributed by atoms with Gasteiger partial charge in [0.1, 0.15) is 0 Å². The van der Waals surface area contributed by atoms with Crippen LogP contribution < -0.4 is 11.5 Å². The van der Waals surface area contributed by atoms with Crippen LogP contribution in [0.1, 0.15) is 27.2 Å². The molecule has 0 spiro atoms. The van der Waals surface area contributed by atoms with Gasteiger partial charge in [-0.3, -0.25) is 0 Å². The van der Waals surface area contributed by atoms with E-state index in [1.807, 2.05) is 6.92 Å². The van der Waals surface area contributed by atoms with Gasteiger partial charge in [0.2, 0.25) is 0 Å². The molecule has 0 aliphatic heterocycles. The minimum atomic E-state index is 0.0931. The zero-order valence-electron chi connectivity index (χ0n) is 7.09. The Bertz CT molecular complexity index is 112. The Labute approximate surface area is 63.3 Å². The Morgan fingerprint density at radius 1 is 1.40 bits per heavy atom. The SMILES string of the molecule is CC(C)=CCC(N)C(C)N. The van der Waals surface area contributed by atoms with E-state index >= 15 is 0 Å². The lowest BCUT2D eigenvalue weighted by molar-refractivity contribution is 0.565. The van der Waals surface area contributed by atoms with Crippen molar-refractivity contribution in [2.45, 2.75) is 39.3 Å². The molecule has 0 heterocycles. The van der Waals surface area contributed by atoms with Crippen LogP contribution in [0.4, 0.5) is 0 Å². The van der Waals surface area contributed by atoms with Crippen molar-refractivity contribution in [2.24, 2.45) is 11.5 Å². The molecule has 0 amide bonds. The summed E-state index contributed by atoms with van der Waals surface area (Å²) in [5.74, 6) is 0. The summed E-state index contributed by atoms with van der Waals surface area (Å²) < 4.78 is 0. The van der Waals surface area contributed by atoms with E-state index in [-0.39, 0.29) is 12.1 Å². The van der Waals surface area contributed by atoms with Crippen LogP contribution in [0.25, 0.3) is 0 Å². The maximum absolute atomic E-state index is 5.70. The number of hydrogen-bond acceptors (Lipinski definition) is 2. The Kier molecular flexibility index (Phi) is 4.32. The molecule has 60 valence electrons. The van der Waals surface area contributed by atoms with Gasteiger partial charge >= 0.3 is 0 Å². The standard InChI is InChI=1S/C8H18N2/c1-6(2)4-5-8(10)7(3)9/h4,7-8H,5,9-10H2,1-3H3. The van der Waals surface area contributed by atoms with Gasteiger partial charge in [-0.05, 0) is 27.2 Å². The van der Waals surface area contributed by atoms with E-state index in [4.69, 9.17) is 11.5 Å². The van der Waals surface area contributed by atoms with Crippen LogP contribution in [0, 0.1) is 0 Å². The highest BCUT2D eigenvalue weighted by atomic mass is 14.8. The zero-order chi connectivity index (χ0) is 8.15. The molecule has 0 radical (unpaired) electrons. The molecule has 4 N–H and O–H groups in total. The fourth-order valence-electron chi connectivity index (χ4n) is 0.586. The van der Waals surface area contributed by atoms with Crippen molar-refractivity contribution in [3.05, 3.63) is 11.6 Å². The topological polar surface area (TPSA) is 52.0 Å². The molecule has 2 nitrogen and oxygen atoms in total. The zero-order valence-corrected chi connectivity index (χ0v) is 7.09. The molecular formula is C8H18N2. The fourth-order valence-corrected chi connectivity index (χ4v) is 0.586. The van der Waals surface area contributed by atoms with Gasteiger partial charge in [0, 0.05) is 12.1 Å². The summed E-state index contributed by atoms with van der Waals surface area (Å²) in [7, 11) is 0. The van der Waals surface area contributed by atoms with Crippen LogP contribution in [0.2, 0.25) is 0 Å². The van der Waals surface area contributed by atoms with Crippen molar-refractivity contribution >= 4 is 0 Å². The lowest BCUT2D eigenvalue weighted by atomic mass is 10.1. The molecule has 10 heavy (non-hydrogen) atoms. The maximum atomic E-state index is 5.70. The van der Waals surface area contributed by atoms with Gasteiger partial charge in [-0.2, -0.15) is 0 Å². The highest BCUT2D eigenvalue weighted by Gasteiger charge is 2.04. The summed E-state index contributed by atoms with van der Waals surface area (Å²) in [6, 6.07) is 0.200. The molecule has 0 saturated heterocycles. The van der Waals surface area contributed by atoms with Crippen molar-refractivity contribution in [1.29, 1.82) is 0 Å². The Morgan fingerprint density at radius 2 is 1.90 bits per heavy atom. The third-order valence-electron chi connectivity index (χ3n) is 1.47. The molecule has 0 rings (SSSR count). The lowest BCUT2D eigenvalue weighted by Crippen LogP contribution is -2.38. The monoisotopic (exact) mass is 142 g/mol. The maximum Gasteiger partial charge on any atom is 0.0224 e. The molecule has 0 aliphatic carbocycles. The summed E-state index contributed by atoms with van der Waals surface area (Å²) >= 11 is 0. The van der Waals surface area contributed by atoms with Gasteiger partial charge < -0.3 is 11.5 Å². The van der Waals surface area contributed by atoms with Crippen LogP contribution in [0.3, 0.4) is 0 Å². The highest BCUT2D eigenvalue weighted by molar-refractivity contribution is 4.96. The molecule has 0 aromatic heterocycles. The van der Waals surface area contributed by atoms with E-state index in [9.17, 15) is 0 Å². The molecule has 0 fully saturated rings. The van der Waals surface area contributed by atoms with E-state index < -0.39 is 0 Å². The molecule has 2 atom stereocenters. The Hall–Kier alpha value is -0.340. The van der Waals surface area contributed by atoms with Gasteiger partial charge in [-0.25, -0.2) is 0 Å². The summed E-state index contributed by atoms with van der Waals surface area (Å²) in [5.41, 5.74) is 12.6. The van der Waals surface area contributed by atoms with E-state index in [0.29, 0.717) is 0 Å². The van der Waals surface area contributed by atoms with Gasteiger partial charge in [0.05, 0.1) is 0 Å². The van der Waals surface area contributed by atoms with Crippen LogP contribution in [-0.2, 0) is 0 Å². The summed E-state index contributed by atoms with van der Waals surface area (Å²) in [5, 5.41) is 0. The molecule has 0 saturated carbocycles. The summed E-state index contributed by atoms with van der Waals surface area (Å²) in [6.45, 7) is 6.06. The van der Waals surface area contributed by atoms with Crippen LogP contribution in [0.5, 0.6) is 0 Å². The first kappa shape index (κ1) is 9.66. The molecular weight excluding hydrogens is 124 g/mol. The first-order valence-corrected chi connectivity index (χ1v) is 3.68. The molecule has 2 heteroatoms. The quantitative estimate of drug-likeness (QED) is 0.578. The van der Waals surface area contributed by atoms with Crippen molar-refractivity contribution in [1.82, 2.24) is 0 Å². The summed E-state index contributed by atoms with van der Waals surface area (Å²) in [4.78, 5) is 0. The smallest absolute Gasteiger partial charge is 0.0224 e. The Morgan fingerprint density at radius 3 is 2.20 bits per heavy atom. The molecule has 0 aromatic rings. The number of allylic oxidation sites excluding steroid dienone is 1. The van der Waals surface area contributed by atoms with Gasteiger partial charge in [-0.15, -0.1) is 0 Å². The largest absolute Gasteiger partial charge is 0.327 e. The van der Waals surface area contributed by atoms with E-state index in [0.717, 1.165) is 6.42 Å². The van der Waals surface area contributed by atoms with E-state index in [1.165, 1.54) is 5.57 Å². The van der Waals surface area contributed by atoms with Crippen LogP contribution >= 0.6 is 0 Å². The predicted molar refractivity (Wildman–Crippen MR) is 45.7 cm³/mol. The van der Waals surface area contributed by atoms with Crippen molar-refractivity contribution in [3.63, 3.8) is 0 Å². The van der Waals surface area contributed by atoms with Gasteiger partial charge in [0.15, 0.2) is 0 Å². The second-order valence-electron chi connectivity index (χ2n) is 3.04. The molecule has 2 unspecified atom stereocenters. The normalized spacial score (nSPS) is 16.1. The van der Waals surface area contributed by atoms with E-state index in [1.54, 1.807) is 0 Å². The Balaban J connectivity index is 3.59. The van der Waals surface area contributed by atoms with Crippen molar-refractivity contribution < 1.29 is 0 Å². The third-order valence-corrected chi connectivity index (χ3v) is 1.47. The van der Waals surface area contributed by atoms with E-state index in [2.05, 4.69) is 19.9 Å². The second kappa shape index (κ2) is 4.47. The number of nitrogens with two attached hydrogens (primary N) is 2. The first-order valence-electron chi connectivity index (χ1n) is 3.68. The third kappa shape index (κ3) is 4.53. The second-order valence-corrected chi connectivity index (χ2v) is 3.04. The molecule has 0 aliphatic rings. The molecule has 0 aromatic carbocycles. The highest BCUT2D eigenvalue weighted by Crippen LogP contribution is 1.98. The van der Waals surface area contributed by atoms with Crippen molar-refractivity contribution in [2.75, 3.05) is 0 Å². The van der Waals surface area contributed by atoms with Gasteiger partial charge in [-0.1, -0.05) is 11.6 Å². The minimum Gasteiger partial charge on any atom is -0.327 e. The predicted octanol–water partition coefficient (Wildman–Crippen LogP) is 1.02. The van der Waals surface area contributed by atoms with Crippen LogP contribution in [0.15, 0.2) is 11.6 Å². The average Bonchev–Trinajstić information content (AvgIpc) is 1.82.